The Morgan fingerprint density at radius 3 is 2.35 bits per heavy atom. The van der Waals surface area contributed by atoms with Gasteiger partial charge in [-0.05, 0) is 44.0 Å². The van der Waals surface area contributed by atoms with Gasteiger partial charge in [0.1, 0.15) is 0 Å². The fourth-order valence-electron chi connectivity index (χ4n) is 1.43. The van der Waals surface area contributed by atoms with Crippen LogP contribution in [0.5, 0.6) is 0 Å². The second kappa shape index (κ2) is 6.70. The molecule has 0 fully saturated rings. The molecule has 0 radical (unpaired) electrons. The highest BCUT2D eigenvalue weighted by Gasteiger charge is 2.20. The number of nitrogens with one attached hydrogen (secondary N) is 2. The van der Waals surface area contributed by atoms with Crippen molar-refractivity contribution in [3.63, 3.8) is 0 Å². The summed E-state index contributed by atoms with van der Waals surface area (Å²) >= 11 is 0. The van der Waals surface area contributed by atoms with Crippen LogP contribution in [0.1, 0.15) is 28.4 Å². The molecule has 0 saturated heterocycles. The molecule has 2 N–H and O–H groups in total. The molecule has 0 bridgehead atoms. The van der Waals surface area contributed by atoms with Crippen molar-refractivity contribution in [1.82, 2.24) is 10.6 Å². The highest BCUT2D eigenvalue weighted by atomic mass is 16.5. The third-order valence-electron chi connectivity index (χ3n) is 2.86. The Morgan fingerprint density at radius 2 is 1.80 bits per heavy atom. The van der Waals surface area contributed by atoms with Crippen molar-refractivity contribution in [3.8, 4) is 0 Å². The Labute approximate surface area is 117 Å². The third-order valence-corrected chi connectivity index (χ3v) is 2.86. The number of amides is 3. The zero-order valence-electron chi connectivity index (χ0n) is 11.9. The van der Waals surface area contributed by atoms with Crippen molar-refractivity contribution in [1.29, 1.82) is 0 Å². The predicted octanol–water partition coefficient (Wildman–Crippen LogP) is 1.30. The summed E-state index contributed by atoms with van der Waals surface area (Å²) in [4.78, 5) is 34.4. The van der Waals surface area contributed by atoms with Gasteiger partial charge >= 0.3 is 12.0 Å². The summed E-state index contributed by atoms with van der Waals surface area (Å²) in [6, 6.07) is 4.49. The quantitative estimate of drug-likeness (QED) is 0.816. The minimum atomic E-state index is -1.05. The van der Waals surface area contributed by atoms with Gasteiger partial charge in [-0.3, -0.25) is 10.1 Å². The smallest absolute Gasteiger partial charge is 0.338 e. The molecule has 20 heavy (non-hydrogen) atoms. The van der Waals surface area contributed by atoms with E-state index in [4.69, 9.17) is 4.74 Å². The van der Waals surface area contributed by atoms with Gasteiger partial charge in [0.15, 0.2) is 6.10 Å². The standard InChI is InChI=1S/C14H18N2O4/c1-8-5-6-11(7-9(8)2)13(18)20-10(3)12(17)16-14(19)15-4/h5-7,10H,1-4H3,(H2,15,16,17,19)/t10-/m1/s1. The van der Waals surface area contributed by atoms with Gasteiger partial charge in [0.05, 0.1) is 5.56 Å². The Bertz CT molecular complexity index is 540. The number of ether oxygens (including phenoxy) is 1. The van der Waals surface area contributed by atoms with Crippen LogP contribution in [-0.2, 0) is 9.53 Å². The maximum Gasteiger partial charge on any atom is 0.338 e. The van der Waals surface area contributed by atoms with Crippen molar-refractivity contribution < 1.29 is 19.1 Å². The second-order valence-corrected chi connectivity index (χ2v) is 4.41. The van der Waals surface area contributed by atoms with Crippen molar-refractivity contribution in [2.24, 2.45) is 0 Å². The molecule has 0 aromatic heterocycles. The molecular formula is C14H18N2O4. The van der Waals surface area contributed by atoms with E-state index in [1.807, 2.05) is 19.2 Å². The molecule has 1 aromatic rings. The summed E-state index contributed by atoms with van der Waals surface area (Å²) in [5, 5.41) is 4.28. The number of carbonyl (C=O) groups excluding carboxylic acids is 3. The summed E-state index contributed by atoms with van der Waals surface area (Å²) in [5.41, 5.74) is 2.39. The number of hydrogen-bond donors (Lipinski definition) is 2. The number of aryl methyl sites for hydroxylation is 2. The van der Waals surface area contributed by atoms with Crippen molar-refractivity contribution in [2.45, 2.75) is 26.9 Å². The molecule has 1 rings (SSSR count). The summed E-state index contributed by atoms with van der Waals surface area (Å²) in [7, 11) is 1.38. The summed E-state index contributed by atoms with van der Waals surface area (Å²) in [6.07, 6.45) is -1.05. The van der Waals surface area contributed by atoms with Gasteiger partial charge in [-0.1, -0.05) is 6.07 Å². The van der Waals surface area contributed by atoms with Crippen molar-refractivity contribution in [3.05, 3.63) is 34.9 Å². The normalized spacial score (nSPS) is 11.4. The first-order chi connectivity index (χ1) is 9.35. The number of rotatable bonds is 3. The van der Waals surface area contributed by atoms with Crippen LogP contribution in [0.2, 0.25) is 0 Å². The molecule has 0 heterocycles. The molecule has 0 saturated carbocycles. The van der Waals surface area contributed by atoms with E-state index in [0.717, 1.165) is 11.1 Å². The van der Waals surface area contributed by atoms with E-state index in [9.17, 15) is 14.4 Å². The van der Waals surface area contributed by atoms with Crippen LogP contribution in [0.3, 0.4) is 0 Å². The van der Waals surface area contributed by atoms with E-state index in [1.165, 1.54) is 14.0 Å². The lowest BCUT2D eigenvalue weighted by molar-refractivity contribution is -0.127. The highest BCUT2D eigenvalue weighted by Crippen LogP contribution is 2.11. The topological polar surface area (TPSA) is 84.5 Å². The van der Waals surface area contributed by atoms with Crippen LogP contribution in [0.4, 0.5) is 4.79 Å². The lowest BCUT2D eigenvalue weighted by Crippen LogP contribution is -2.43. The van der Waals surface area contributed by atoms with Crippen molar-refractivity contribution >= 4 is 17.9 Å². The molecule has 1 atom stereocenters. The number of imide groups is 1. The van der Waals surface area contributed by atoms with Crippen LogP contribution in [0, 0.1) is 13.8 Å². The van der Waals surface area contributed by atoms with Gasteiger partial charge in [0.2, 0.25) is 0 Å². The van der Waals surface area contributed by atoms with E-state index >= 15 is 0 Å². The monoisotopic (exact) mass is 278 g/mol. The average Bonchev–Trinajstić information content (AvgIpc) is 2.41. The summed E-state index contributed by atoms with van der Waals surface area (Å²) in [5.74, 6) is -1.28. The van der Waals surface area contributed by atoms with Gasteiger partial charge in [-0.15, -0.1) is 0 Å². The van der Waals surface area contributed by atoms with E-state index < -0.39 is 24.0 Å². The van der Waals surface area contributed by atoms with E-state index in [0.29, 0.717) is 5.56 Å². The van der Waals surface area contributed by atoms with Gasteiger partial charge in [-0.2, -0.15) is 0 Å². The van der Waals surface area contributed by atoms with Crippen molar-refractivity contribution in [2.75, 3.05) is 7.05 Å². The minimum Gasteiger partial charge on any atom is -0.449 e. The minimum absolute atomic E-state index is 0.368. The molecule has 6 nitrogen and oxygen atoms in total. The third kappa shape index (κ3) is 4.08. The maximum atomic E-state index is 11.9. The number of benzene rings is 1. The van der Waals surface area contributed by atoms with Crippen LogP contribution in [-0.4, -0.2) is 31.1 Å². The van der Waals surface area contributed by atoms with Gasteiger partial charge in [0.25, 0.3) is 5.91 Å². The first-order valence-electron chi connectivity index (χ1n) is 6.16. The number of urea groups is 1. The first-order valence-corrected chi connectivity index (χ1v) is 6.16. The maximum absolute atomic E-state index is 11.9. The first kappa shape index (κ1) is 15.7. The molecule has 0 aliphatic heterocycles. The fraction of sp³-hybridized carbons (Fsp3) is 0.357. The summed E-state index contributed by atoms with van der Waals surface area (Å²) in [6.45, 7) is 5.22. The van der Waals surface area contributed by atoms with Crippen LogP contribution < -0.4 is 10.6 Å². The van der Waals surface area contributed by atoms with E-state index in [1.54, 1.807) is 18.2 Å². The van der Waals surface area contributed by atoms with Crippen LogP contribution >= 0.6 is 0 Å². The van der Waals surface area contributed by atoms with Gasteiger partial charge < -0.3 is 10.1 Å². The number of carbonyl (C=O) groups is 3. The lowest BCUT2D eigenvalue weighted by atomic mass is 10.1. The lowest BCUT2D eigenvalue weighted by Gasteiger charge is -2.13. The molecule has 1 aromatic carbocycles. The van der Waals surface area contributed by atoms with Crippen LogP contribution in [0.15, 0.2) is 18.2 Å². The zero-order chi connectivity index (χ0) is 15.3. The highest BCUT2D eigenvalue weighted by molar-refractivity contribution is 5.98. The molecular weight excluding hydrogens is 260 g/mol. The second-order valence-electron chi connectivity index (χ2n) is 4.41. The Kier molecular flexibility index (Phi) is 5.25. The molecule has 0 unspecified atom stereocenters. The Morgan fingerprint density at radius 1 is 1.15 bits per heavy atom. The van der Waals surface area contributed by atoms with Gasteiger partial charge in [0, 0.05) is 7.05 Å². The fourth-order valence-corrected chi connectivity index (χ4v) is 1.43. The number of esters is 1. The molecule has 0 aliphatic rings. The Hall–Kier alpha value is -2.37. The van der Waals surface area contributed by atoms with E-state index in [2.05, 4.69) is 5.32 Å². The average molecular weight is 278 g/mol. The largest absolute Gasteiger partial charge is 0.449 e. The molecule has 0 spiro atoms. The molecule has 0 aliphatic carbocycles. The number of hydrogen-bond acceptors (Lipinski definition) is 4. The Balaban J connectivity index is 2.67. The SMILES string of the molecule is CNC(=O)NC(=O)[C@@H](C)OC(=O)c1ccc(C)c(C)c1. The van der Waals surface area contributed by atoms with Crippen LogP contribution in [0.25, 0.3) is 0 Å². The zero-order valence-corrected chi connectivity index (χ0v) is 11.9. The molecule has 3 amide bonds. The van der Waals surface area contributed by atoms with E-state index in [-0.39, 0.29) is 0 Å². The summed E-state index contributed by atoms with van der Waals surface area (Å²) < 4.78 is 5.01. The molecule has 6 heteroatoms. The molecule has 108 valence electrons. The van der Waals surface area contributed by atoms with Gasteiger partial charge in [-0.25, -0.2) is 9.59 Å². The predicted molar refractivity (Wildman–Crippen MR) is 73.4 cm³/mol.